The van der Waals surface area contributed by atoms with Gasteiger partial charge in [0.2, 0.25) is 0 Å². The maximum atomic E-state index is 9.19. The quantitative estimate of drug-likeness (QED) is 0.533. The van der Waals surface area contributed by atoms with Crippen LogP contribution in [0.25, 0.3) is 0 Å². The third-order valence-electron chi connectivity index (χ3n) is 1.82. The van der Waals surface area contributed by atoms with Gasteiger partial charge in [-0.1, -0.05) is 0 Å². The van der Waals surface area contributed by atoms with Crippen molar-refractivity contribution in [1.82, 2.24) is 0 Å². The van der Waals surface area contributed by atoms with Gasteiger partial charge in [0.1, 0.15) is 12.2 Å². The molecule has 0 saturated carbocycles. The topological polar surface area (TPSA) is 73.5 Å². The molecule has 1 aliphatic heterocycles. The van der Waals surface area contributed by atoms with Crippen molar-refractivity contribution in [2.24, 2.45) is 0 Å². The maximum absolute atomic E-state index is 9.19. The molecule has 0 spiro atoms. The molecule has 0 aliphatic carbocycles. The van der Waals surface area contributed by atoms with Gasteiger partial charge in [0.25, 0.3) is 0 Å². The lowest BCUT2D eigenvalue weighted by Gasteiger charge is -2.29. The van der Waals surface area contributed by atoms with E-state index in [1.165, 1.54) is 0 Å². The van der Waals surface area contributed by atoms with Crippen molar-refractivity contribution in [1.29, 1.82) is 5.26 Å². The second kappa shape index (κ2) is 3.67. The Bertz CT molecular complexity index is 166. The molecule has 0 aromatic heterocycles. The van der Waals surface area contributed by atoms with E-state index in [0.29, 0.717) is 12.8 Å². The first kappa shape index (κ1) is 8.47. The van der Waals surface area contributed by atoms with Gasteiger partial charge in [-0.15, -0.1) is 0 Å². The molecule has 0 unspecified atom stereocenters. The Morgan fingerprint density at radius 3 is 2.82 bits per heavy atom. The molecule has 1 heterocycles. The third-order valence-corrected chi connectivity index (χ3v) is 1.82. The summed E-state index contributed by atoms with van der Waals surface area (Å²) in [5, 5.41) is 26.3. The summed E-state index contributed by atoms with van der Waals surface area (Å²) in [5.41, 5.74) is 0. The fraction of sp³-hybridized carbons (Fsp3) is 0.857. The number of nitrogens with zero attached hydrogens (tertiary/aromatic N) is 1. The monoisotopic (exact) mass is 157 g/mol. The first-order valence-corrected chi connectivity index (χ1v) is 3.62. The Labute approximate surface area is 65.0 Å². The van der Waals surface area contributed by atoms with E-state index < -0.39 is 18.3 Å². The SMILES string of the molecule is N#C[C@@H]1CC[C@H](O)[C@@H](CO)O1. The molecule has 0 aromatic rings. The first-order valence-electron chi connectivity index (χ1n) is 3.62. The number of ether oxygens (including phenoxy) is 1. The number of nitriles is 1. The highest BCUT2D eigenvalue weighted by Gasteiger charge is 2.28. The third kappa shape index (κ3) is 1.90. The van der Waals surface area contributed by atoms with E-state index in [0.717, 1.165) is 0 Å². The average molecular weight is 157 g/mol. The van der Waals surface area contributed by atoms with Gasteiger partial charge in [-0.2, -0.15) is 5.26 Å². The van der Waals surface area contributed by atoms with Crippen LogP contribution in [-0.4, -0.2) is 35.1 Å². The van der Waals surface area contributed by atoms with Crippen molar-refractivity contribution in [3.8, 4) is 6.07 Å². The van der Waals surface area contributed by atoms with Crippen LogP contribution in [0.3, 0.4) is 0 Å². The van der Waals surface area contributed by atoms with Crippen LogP contribution < -0.4 is 0 Å². The highest BCUT2D eigenvalue weighted by molar-refractivity contribution is 4.90. The smallest absolute Gasteiger partial charge is 0.144 e. The largest absolute Gasteiger partial charge is 0.394 e. The standard InChI is InChI=1S/C7H11NO3/c8-3-5-1-2-6(10)7(4-9)11-5/h5-7,9-10H,1-2,4H2/t5-,6-,7+/m0/s1. The van der Waals surface area contributed by atoms with Gasteiger partial charge in [-0.25, -0.2) is 0 Å². The Morgan fingerprint density at radius 2 is 2.27 bits per heavy atom. The van der Waals surface area contributed by atoms with E-state index in [4.69, 9.17) is 15.1 Å². The van der Waals surface area contributed by atoms with Crippen LogP contribution in [0, 0.1) is 11.3 Å². The normalized spacial score (nSPS) is 38.1. The molecular weight excluding hydrogens is 146 g/mol. The second-order valence-corrected chi connectivity index (χ2v) is 2.62. The van der Waals surface area contributed by atoms with Gasteiger partial charge >= 0.3 is 0 Å². The Kier molecular flexibility index (Phi) is 2.83. The fourth-order valence-electron chi connectivity index (χ4n) is 1.14. The minimum absolute atomic E-state index is 0.223. The number of aliphatic hydroxyl groups excluding tert-OH is 2. The summed E-state index contributed by atoms with van der Waals surface area (Å²) in [5.74, 6) is 0. The van der Waals surface area contributed by atoms with Crippen molar-refractivity contribution in [3.05, 3.63) is 0 Å². The van der Waals surface area contributed by atoms with Gasteiger partial charge in [-0.3, -0.25) is 0 Å². The van der Waals surface area contributed by atoms with Gasteiger partial charge < -0.3 is 14.9 Å². The summed E-state index contributed by atoms with van der Waals surface area (Å²) in [6, 6.07) is 1.94. The van der Waals surface area contributed by atoms with Gasteiger partial charge in [0.05, 0.1) is 18.8 Å². The lowest BCUT2D eigenvalue weighted by Crippen LogP contribution is -2.40. The lowest BCUT2D eigenvalue weighted by atomic mass is 10.0. The molecule has 1 aliphatic rings. The molecule has 11 heavy (non-hydrogen) atoms. The Balaban J connectivity index is 2.45. The van der Waals surface area contributed by atoms with Crippen LogP contribution in [0.15, 0.2) is 0 Å². The molecule has 62 valence electrons. The number of hydrogen-bond acceptors (Lipinski definition) is 4. The zero-order valence-corrected chi connectivity index (χ0v) is 6.10. The van der Waals surface area contributed by atoms with E-state index in [9.17, 15) is 5.11 Å². The minimum atomic E-state index is -0.621. The molecular formula is C7H11NO3. The van der Waals surface area contributed by atoms with E-state index in [1.807, 2.05) is 6.07 Å². The summed E-state index contributed by atoms with van der Waals surface area (Å²) in [6.45, 7) is -0.223. The summed E-state index contributed by atoms with van der Waals surface area (Å²) >= 11 is 0. The molecule has 0 aromatic carbocycles. The summed E-state index contributed by atoms with van der Waals surface area (Å²) < 4.78 is 5.04. The molecule has 2 N–H and O–H groups in total. The van der Waals surface area contributed by atoms with Crippen molar-refractivity contribution in [2.75, 3.05) is 6.61 Å². The van der Waals surface area contributed by atoms with Gasteiger partial charge in [0, 0.05) is 0 Å². The average Bonchev–Trinajstić information content (AvgIpc) is 2.05. The van der Waals surface area contributed by atoms with Crippen LogP contribution in [0.4, 0.5) is 0 Å². The predicted molar refractivity (Wildman–Crippen MR) is 36.6 cm³/mol. The van der Waals surface area contributed by atoms with Crippen LogP contribution in [-0.2, 0) is 4.74 Å². The Morgan fingerprint density at radius 1 is 1.55 bits per heavy atom. The van der Waals surface area contributed by atoms with E-state index in [2.05, 4.69) is 0 Å². The Hall–Kier alpha value is -0.630. The van der Waals surface area contributed by atoms with Crippen LogP contribution in [0.2, 0.25) is 0 Å². The molecule has 4 heteroatoms. The molecule has 1 saturated heterocycles. The maximum Gasteiger partial charge on any atom is 0.144 e. The van der Waals surface area contributed by atoms with Crippen molar-refractivity contribution in [3.63, 3.8) is 0 Å². The predicted octanol–water partition coefficient (Wildman–Crippen LogP) is -0.589. The van der Waals surface area contributed by atoms with E-state index in [1.54, 1.807) is 0 Å². The molecule has 0 amide bonds. The summed E-state index contributed by atoms with van der Waals surface area (Å²) in [7, 11) is 0. The first-order chi connectivity index (χ1) is 5.27. The zero-order chi connectivity index (χ0) is 8.27. The minimum Gasteiger partial charge on any atom is -0.394 e. The molecule has 3 atom stereocenters. The highest BCUT2D eigenvalue weighted by atomic mass is 16.5. The van der Waals surface area contributed by atoms with E-state index in [-0.39, 0.29) is 6.61 Å². The molecule has 0 bridgehead atoms. The van der Waals surface area contributed by atoms with Crippen molar-refractivity contribution in [2.45, 2.75) is 31.2 Å². The van der Waals surface area contributed by atoms with Gasteiger partial charge in [0.15, 0.2) is 0 Å². The van der Waals surface area contributed by atoms with E-state index >= 15 is 0 Å². The molecule has 1 fully saturated rings. The van der Waals surface area contributed by atoms with Crippen LogP contribution >= 0.6 is 0 Å². The number of rotatable bonds is 1. The van der Waals surface area contributed by atoms with Crippen LogP contribution in [0.1, 0.15) is 12.8 Å². The zero-order valence-electron chi connectivity index (χ0n) is 6.10. The number of hydrogen-bond donors (Lipinski definition) is 2. The second-order valence-electron chi connectivity index (χ2n) is 2.62. The lowest BCUT2D eigenvalue weighted by molar-refractivity contribution is -0.116. The van der Waals surface area contributed by atoms with Crippen molar-refractivity contribution < 1.29 is 14.9 Å². The molecule has 4 nitrogen and oxygen atoms in total. The van der Waals surface area contributed by atoms with Gasteiger partial charge in [-0.05, 0) is 12.8 Å². The molecule has 1 rings (SSSR count). The molecule has 0 radical (unpaired) electrons. The summed E-state index contributed by atoms with van der Waals surface area (Å²) in [6.07, 6.45) is -0.578. The number of aliphatic hydroxyl groups is 2. The van der Waals surface area contributed by atoms with Crippen LogP contribution in [0.5, 0.6) is 0 Å². The fourth-order valence-corrected chi connectivity index (χ4v) is 1.14. The summed E-state index contributed by atoms with van der Waals surface area (Å²) in [4.78, 5) is 0. The van der Waals surface area contributed by atoms with Crippen molar-refractivity contribution >= 4 is 0 Å². The highest BCUT2D eigenvalue weighted by Crippen LogP contribution is 2.18.